The fraction of sp³-hybridized carbons (Fsp3) is 0.433. The summed E-state index contributed by atoms with van der Waals surface area (Å²) in [5.74, 6) is -0.0204. The molecule has 4 rings (SSSR count). The highest BCUT2D eigenvalue weighted by atomic mass is 16.6. The summed E-state index contributed by atoms with van der Waals surface area (Å²) in [6.07, 6.45) is 3.32. The van der Waals surface area contributed by atoms with Crippen LogP contribution in [0, 0.1) is 5.92 Å². The van der Waals surface area contributed by atoms with Crippen LogP contribution in [0.2, 0.25) is 0 Å². The third-order valence-corrected chi connectivity index (χ3v) is 7.12. The molecule has 1 fully saturated rings. The number of rotatable bonds is 7. The third kappa shape index (κ3) is 5.30. The summed E-state index contributed by atoms with van der Waals surface area (Å²) in [5.41, 5.74) is 2.03. The normalized spacial score (nSPS) is 20.0. The van der Waals surface area contributed by atoms with Crippen molar-refractivity contribution in [3.63, 3.8) is 0 Å². The SMILES string of the molecule is CC(C)O[C@@H](C(=O)O[C@H]1CCCC[C@@H]1C(C)(C)c1ccc2ccccc2c1)c1ccccc1. The van der Waals surface area contributed by atoms with Crippen molar-refractivity contribution in [2.45, 2.75) is 77.1 Å². The van der Waals surface area contributed by atoms with Crippen LogP contribution >= 0.6 is 0 Å². The van der Waals surface area contributed by atoms with Gasteiger partial charge >= 0.3 is 5.97 Å². The summed E-state index contributed by atoms with van der Waals surface area (Å²) in [6.45, 7) is 8.51. The Bertz CT molecular complexity index is 1070. The van der Waals surface area contributed by atoms with Gasteiger partial charge in [0.05, 0.1) is 6.10 Å². The van der Waals surface area contributed by atoms with Crippen molar-refractivity contribution in [2.75, 3.05) is 0 Å². The van der Waals surface area contributed by atoms with Crippen molar-refractivity contribution < 1.29 is 14.3 Å². The molecule has 174 valence electrons. The van der Waals surface area contributed by atoms with Crippen molar-refractivity contribution >= 4 is 16.7 Å². The summed E-state index contributed by atoms with van der Waals surface area (Å²) in [4.78, 5) is 13.4. The molecule has 0 N–H and O–H groups in total. The predicted molar refractivity (Wildman–Crippen MR) is 134 cm³/mol. The summed E-state index contributed by atoms with van der Waals surface area (Å²) < 4.78 is 12.3. The smallest absolute Gasteiger partial charge is 0.340 e. The molecule has 0 aromatic heterocycles. The van der Waals surface area contributed by atoms with Crippen molar-refractivity contribution in [3.8, 4) is 0 Å². The fourth-order valence-corrected chi connectivity index (χ4v) is 5.25. The minimum absolute atomic E-state index is 0.0704. The maximum atomic E-state index is 13.4. The fourth-order valence-electron chi connectivity index (χ4n) is 5.25. The quantitative estimate of drug-likeness (QED) is 0.357. The first-order valence-corrected chi connectivity index (χ1v) is 12.3. The average molecular weight is 445 g/mol. The van der Waals surface area contributed by atoms with Crippen LogP contribution in [0.3, 0.4) is 0 Å². The summed E-state index contributed by atoms with van der Waals surface area (Å²) >= 11 is 0. The average Bonchev–Trinajstić information content (AvgIpc) is 2.83. The lowest BCUT2D eigenvalue weighted by molar-refractivity contribution is -0.172. The van der Waals surface area contributed by atoms with Gasteiger partial charge in [-0.2, -0.15) is 0 Å². The largest absolute Gasteiger partial charge is 0.460 e. The molecule has 0 spiro atoms. The van der Waals surface area contributed by atoms with E-state index in [1.54, 1.807) is 0 Å². The maximum absolute atomic E-state index is 13.4. The molecule has 1 saturated carbocycles. The molecule has 0 amide bonds. The van der Waals surface area contributed by atoms with Crippen LogP contribution in [0.4, 0.5) is 0 Å². The van der Waals surface area contributed by atoms with Crippen molar-refractivity contribution in [1.29, 1.82) is 0 Å². The van der Waals surface area contributed by atoms with Crippen LogP contribution in [0.25, 0.3) is 10.8 Å². The zero-order valence-corrected chi connectivity index (χ0v) is 20.3. The molecule has 0 aliphatic heterocycles. The van der Waals surface area contributed by atoms with E-state index in [0.717, 1.165) is 24.8 Å². The van der Waals surface area contributed by atoms with Crippen molar-refractivity contribution in [1.82, 2.24) is 0 Å². The second-order valence-corrected chi connectivity index (χ2v) is 10.1. The number of hydrogen-bond acceptors (Lipinski definition) is 3. The molecule has 0 saturated heterocycles. The molecule has 0 unspecified atom stereocenters. The number of esters is 1. The highest BCUT2D eigenvalue weighted by molar-refractivity contribution is 5.83. The van der Waals surface area contributed by atoms with E-state index in [1.807, 2.05) is 44.2 Å². The molecular weight excluding hydrogens is 408 g/mol. The highest BCUT2D eigenvalue weighted by Crippen LogP contribution is 2.43. The molecule has 33 heavy (non-hydrogen) atoms. The first kappa shape index (κ1) is 23.5. The third-order valence-electron chi connectivity index (χ3n) is 7.12. The number of carbonyl (C=O) groups excluding carboxylic acids is 1. The van der Waals surface area contributed by atoms with Crippen LogP contribution < -0.4 is 0 Å². The van der Waals surface area contributed by atoms with Gasteiger partial charge in [-0.25, -0.2) is 4.79 Å². The first-order valence-electron chi connectivity index (χ1n) is 12.3. The van der Waals surface area contributed by atoms with Gasteiger partial charge in [-0.3, -0.25) is 0 Å². The minimum Gasteiger partial charge on any atom is -0.460 e. The monoisotopic (exact) mass is 444 g/mol. The Morgan fingerprint density at radius 2 is 1.55 bits per heavy atom. The highest BCUT2D eigenvalue weighted by Gasteiger charge is 2.41. The molecule has 1 aliphatic carbocycles. The minimum atomic E-state index is -0.697. The van der Waals surface area contributed by atoms with E-state index >= 15 is 0 Å². The molecule has 0 bridgehead atoms. The molecule has 3 atom stereocenters. The van der Waals surface area contributed by atoms with Crippen LogP contribution in [0.5, 0.6) is 0 Å². The van der Waals surface area contributed by atoms with Gasteiger partial charge in [-0.05, 0) is 60.4 Å². The number of benzene rings is 3. The molecule has 1 aliphatic rings. The number of ether oxygens (including phenoxy) is 2. The van der Waals surface area contributed by atoms with Crippen molar-refractivity contribution in [3.05, 3.63) is 83.9 Å². The number of hydrogen-bond donors (Lipinski definition) is 0. The second kappa shape index (κ2) is 10.1. The van der Waals surface area contributed by atoms with Crippen molar-refractivity contribution in [2.24, 2.45) is 5.92 Å². The van der Waals surface area contributed by atoms with Gasteiger partial charge in [0.15, 0.2) is 6.10 Å². The van der Waals surface area contributed by atoms with Gasteiger partial charge < -0.3 is 9.47 Å². The molecule has 0 heterocycles. The lowest BCUT2D eigenvalue weighted by Gasteiger charge is -2.42. The Balaban J connectivity index is 1.58. The van der Waals surface area contributed by atoms with E-state index in [4.69, 9.17) is 9.47 Å². The number of carbonyl (C=O) groups is 1. The first-order chi connectivity index (χ1) is 15.9. The zero-order valence-electron chi connectivity index (χ0n) is 20.3. The molecule has 3 nitrogen and oxygen atoms in total. The topological polar surface area (TPSA) is 35.5 Å². The Labute approximate surface area is 198 Å². The van der Waals surface area contributed by atoms with E-state index in [2.05, 4.69) is 56.3 Å². The lowest BCUT2D eigenvalue weighted by Crippen LogP contribution is -2.42. The molecule has 0 radical (unpaired) electrons. The second-order valence-electron chi connectivity index (χ2n) is 10.1. The van der Waals surface area contributed by atoms with Gasteiger partial charge in [-0.1, -0.05) is 93.1 Å². The van der Waals surface area contributed by atoms with E-state index < -0.39 is 6.10 Å². The number of fused-ring (bicyclic) bond motifs is 1. The van der Waals surface area contributed by atoms with E-state index in [0.29, 0.717) is 0 Å². The Kier molecular flexibility index (Phi) is 7.19. The van der Waals surface area contributed by atoms with Gasteiger partial charge in [0, 0.05) is 5.92 Å². The maximum Gasteiger partial charge on any atom is 0.340 e. The molecule has 3 aromatic carbocycles. The molecule has 3 heteroatoms. The Morgan fingerprint density at radius 1 is 0.879 bits per heavy atom. The van der Waals surface area contributed by atoms with E-state index in [1.165, 1.54) is 22.8 Å². The standard InChI is InChI=1S/C30H36O3/c1-21(2)32-28(23-13-6-5-7-14-23)29(31)33-27-17-11-10-16-26(27)30(3,4)25-19-18-22-12-8-9-15-24(22)20-25/h5-9,12-15,18-21,26-28H,10-11,16-17H2,1-4H3/t26-,27-,28+/m0/s1. The van der Waals surface area contributed by atoms with Crippen LogP contribution in [0.15, 0.2) is 72.8 Å². The van der Waals surface area contributed by atoms with Gasteiger partial charge in [0.2, 0.25) is 0 Å². The lowest BCUT2D eigenvalue weighted by atomic mass is 9.66. The summed E-state index contributed by atoms with van der Waals surface area (Å²) in [7, 11) is 0. The Hall–Kier alpha value is -2.65. The van der Waals surface area contributed by atoms with E-state index in [9.17, 15) is 4.79 Å². The summed E-state index contributed by atoms with van der Waals surface area (Å²) in [5, 5.41) is 2.50. The van der Waals surface area contributed by atoms with Crippen LogP contribution in [-0.4, -0.2) is 18.2 Å². The van der Waals surface area contributed by atoms with Gasteiger partial charge in [-0.15, -0.1) is 0 Å². The summed E-state index contributed by atoms with van der Waals surface area (Å²) in [6, 6.07) is 24.9. The van der Waals surface area contributed by atoms with E-state index in [-0.39, 0.29) is 29.5 Å². The van der Waals surface area contributed by atoms with Crippen LogP contribution in [-0.2, 0) is 19.7 Å². The van der Waals surface area contributed by atoms with Crippen LogP contribution in [0.1, 0.15) is 70.6 Å². The van der Waals surface area contributed by atoms with Gasteiger partial charge in [0.1, 0.15) is 6.10 Å². The van der Waals surface area contributed by atoms with Gasteiger partial charge in [0.25, 0.3) is 0 Å². The molecule has 3 aromatic rings. The zero-order chi connectivity index (χ0) is 23.4. The Morgan fingerprint density at radius 3 is 2.27 bits per heavy atom. The predicted octanol–water partition coefficient (Wildman–Crippen LogP) is 7.39. The molecular formula is C30H36O3.